The first kappa shape index (κ1) is 16.8. The van der Waals surface area contributed by atoms with Gasteiger partial charge in [-0.15, -0.1) is 11.3 Å². The van der Waals surface area contributed by atoms with Gasteiger partial charge in [0, 0.05) is 24.0 Å². The van der Waals surface area contributed by atoms with Crippen molar-refractivity contribution in [2.45, 2.75) is 25.3 Å². The summed E-state index contributed by atoms with van der Waals surface area (Å²) in [6.45, 7) is 2.38. The van der Waals surface area contributed by atoms with Crippen molar-refractivity contribution in [1.82, 2.24) is 15.6 Å². The number of rotatable bonds is 8. The molecule has 0 saturated heterocycles. The Labute approximate surface area is 126 Å². The third-order valence-corrected chi connectivity index (χ3v) is 4.31. The summed E-state index contributed by atoms with van der Waals surface area (Å²) in [7, 11) is 0. The van der Waals surface area contributed by atoms with Crippen molar-refractivity contribution < 1.29 is 14.7 Å². The lowest BCUT2D eigenvalue weighted by Crippen LogP contribution is -2.47. The number of nitrogens with one attached hydrogen (secondary N) is 2. The van der Waals surface area contributed by atoms with E-state index in [4.69, 9.17) is 5.11 Å². The highest BCUT2D eigenvalue weighted by molar-refractivity contribution is 7.98. The average molecular weight is 317 g/mol. The first-order valence-corrected chi connectivity index (χ1v) is 8.47. The summed E-state index contributed by atoms with van der Waals surface area (Å²) in [5, 5.41) is 17.0. The van der Waals surface area contributed by atoms with Crippen LogP contribution in [0.1, 0.15) is 24.3 Å². The molecule has 0 fully saturated rings. The Bertz CT molecular complexity index is 426. The normalized spacial score (nSPS) is 13.5. The van der Waals surface area contributed by atoms with E-state index in [-0.39, 0.29) is 5.92 Å². The molecule has 0 bridgehead atoms. The highest BCUT2D eigenvalue weighted by atomic mass is 32.2. The van der Waals surface area contributed by atoms with Crippen LogP contribution in [0.25, 0.3) is 0 Å². The maximum atomic E-state index is 11.7. The molecule has 2 atom stereocenters. The molecule has 0 aliphatic heterocycles. The summed E-state index contributed by atoms with van der Waals surface area (Å²) in [5.74, 6) is -0.218. The van der Waals surface area contributed by atoms with Gasteiger partial charge in [-0.2, -0.15) is 11.8 Å². The fourth-order valence-corrected chi connectivity index (χ4v) is 2.68. The summed E-state index contributed by atoms with van der Waals surface area (Å²) in [6.07, 6.45) is 4.03. The lowest BCUT2D eigenvalue weighted by atomic mass is 10.2. The standard InChI is InChI=1S/C12H19N3O3S2/c1-8(10-13-4-6-20-10)7-14-12(18)15-9(11(16)17)3-5-19-2/h4,6,8-9H,3,5,7H2,1-2H3,(H,16,17)(H2,14,15,18)/t8?,9-/m1/s1. The van der Waals surface area contributed by atoms with Gasteiger partial charge in [0.25, 0.3) is 0 Å². The molecule has 0 aromatic carbocycles. The molecular weight excluding hydrogens is 298 g/mol. The summed E-state index contributed by atoms with van der Waals surface area (Å²) in [4.78, 5) is 26.9. The fraction of sp³-hybridized carbons (Fsp3) is 0.583. The SMILES string of the molecule is CSCC[C@@H](NC(=O)NCC(C)c1nccs1)C(=O)O. The third-order valence-electron chi connectivity index (χ3n) is 2.66. The van der Waals surface area contributed by atoms with Crippen molar-refractivity contribution in [3.05, 3.63) is 16.6 Å². The lowest BCUT2D eigenvalue weighted by Gasteiger charge is -2.16. The van der Waals surface area contributed by atoms with Crippen molar-refractivity contribution in [2.75, 3.05) is 18.6 Å². The molecule has 20 heavy (non-hydrogen) atoms. The van der Waals surface area contributed by atoms with Crippen LogP contribution in [0.3, 0.4) is 0 Å². The molecule has 0 saturated carbocycles. The number of carbonyl (C=O) groups is 2. The minimum atomic E-state index is -1.01. The van der Waals surface area contributed by atoms with E-state index in [1.54, 1.807) is 18.0 Å². The number of carboxylic acid groups (broad SMARTS) is 1. The van der Waals surface area contributed by atoms with E-state index in [1.807, 2.05) is 18.6 Å². The van der Waals surface area contributed by atoms with Gasteiger partial charge in [-0.05, 0) is 18.4 Å². The molecule has 112 valence electrons. The van der Waals surface area contributed by atoms with Gasteiger partial charge in [0.15, 0.2) is 0 Å². The van der Waals surface area contributed by atoms with Gasteiger partial charge >= 0.3 is 12.0 Å². The number of thioether (sulfide) groups is 1. The van der Waals surface area contributed by atoms with Gasteiger partial charge in [0.1, 0.15) is 6.04 Å². The molecule has 1 aromatic rings. The van der Waals surface area contributed by atoms with E-state index in [2.05, 4.69) is 15.6 Å². The van der Waals surface area contributed by atoms with Crippen LogP contribution in [0.5, 0.6) is 0 Å². The average Bonchev–Trinajstić information content (AvgIpc) is 2.94. The number of urea groups is 1. The first-order valence-electron chi connectivity index (χ1n) is 6.20. The van der Waals surface area contributed by atoms with E-state index < -0.39 is 18.0 Å². The number of hydrogen-bond donors (Lipinski definition) is 3. The molecule has 1 unspecified atom stereocenters. The molecule has 3 N–H and O–H groups in total. The van der Waals surface area contributed by atoms with Crippen molar-refractivity contribution in [2.24, 2.45) is 0 Å². The smallest absolute Gasteiger partial charge is 0.326 e. The quantitative estimate of drug-likeness (QED) is 0.679. The Morgan fingerprint density at radius 1 is 1.55 bits per heavy atom. The monoisotopic (exact) mass is 317 g/mol. The number of thiazole rings is 1. The zero-order valence-electron chi connectivity index (χ0n) is 11.5. The van der Waals surface area contributed by atoms with Crippen molar-refractivity contribution in [3.8, 4) is 0 Å². The minimum absolute atomic E-state index is 0.107. The van der Waals surface area contributed by atoms with Crippen LogP contribution in [0, 0.1) is 0 Å². The van der Waals surface area contributed by atoms with Crippen LogP contribution in [0.4, 0.5) is 4.79 Å². The molecule has 1 heterocycles. The molecule has 1 rings (SSSR count). The summed E-state index contributed by atoms with van der Waals surface area (Å²) in [6, 6.07) is -1.31. The Balaban J connectivity index is 2.36. The fourth-order valence-electron chi connectivity index (χ4n) is 1.51. The molecule has 0 spiro atoms. The summed E-state index contributed by atoms with van der Waals surface area (Å²) >= 11 is 3.08. The molecule has 0 aliphatic carbocycles. The molecule has 0 radical (unpaired) electrons. The van der Waals surface area contributed by atoms with Crippen LogP contribution in [-0.2, 0) is 4.79 Å². The second kappa shape index (κ2) is 8.80. The minimum Gasteiger partial charge on any atom is -0.480 e. The van der Waals surface area contributed by atoms with Gasteiger partial charge < -0.3 is 15.7 Å². The van der Waals surface area contributed by atoms with Gasteiger partial charge in [-0.25, -0.2) is 14.6 Å². The second-order valence-corrected chi connectivity index (χ2v) is 6.21. The second-order valence-electron chi connectivity index (χ2n) is 4.30. The zero-order valence-corrected chi connectivity index (χ0v) is 13.1. The highest BCUT2D eigenvalue weighted by Gasteiger charge is 2.19. The van der Waals surface area contributed by atoms with Crippen molar-refractivity contribution >= 4 is 35.1 Å². The predicted molar refractivity (Wildman–Crippen MR) is 81.5 cm³/mol. The number of aromatic nitrogens is 1. The highest BCUT2D eigenvalue weighted by Crippen LogP contribution is 2.16. The molecule has 2 amide bonds. The number of aliphatic carboxylic acids is 1. The number of amides is 2. The van der Waals surface area contributed by atoms with Gasteiger partial charge in [0.05, 0.1) is 5.01 Å². The van der Waals surface area contributed by atoms with Crippen LogP contribution >= 0.6 is 23.1 Å². The number of carbonyl (C=O) groups excluding carboxylic acids is 1. The van der Waals surface area contributed by atoms with Crippen LogP contribution in [0.15, 0.2) is 11.6 Å². The van der Waals surface area contributed by atoms with Gasteiger partial charge in [-0.3, -0.25) is 0 Å². The van der Waals surface area contributed by atoms with E-state index in [9.17, 15) is 9.59 Å². The number of nitrogens with zero attached hydrogens (tertiary/aromatic N) is 1. The molecular formula is C12H19N3O3S2. The van der Waals surface area contributed by atoms with E-state index in [0.29, 0.717) is 18.7 Å². The third kappa shape index (κ3) is 5.79. The van der Waals surface area contributed by atoms with E-state index >= 15 is 0 Å². The summed E-state index contributed by atoms with van der Waals surface area (Å²) < 4.78 is 0. The maximum absolute atomic E-state index is 11.7. The molecule has 0 aliphatic rings. The number of hydrogen-bond acceptors (Lipinski definition) is 5. The molecule has 8 heteroatoms. The Morgan fingerprint density at radius 3 is 2.85 bits per heavy atom. The maximum Gasteiger partial charge on any atom is 0.326 e. The van der Waals surface area contributed by atoms with Crippen molar-refractivity contribution in [1.29, 1.82) is 0 Å². The van der Waals surface area contributed by atoms with E-state index in [0.717, 1.165) is 5.01 Å². The Morgan fingerprint density at radius 2 is 2.30 bits per heavy atom. The lowest BCUT2D eigenvalue weighted by molar-refractivity contribution is -0.139. The number of carboxylic acids is 1. The summed E-state index contributed by atoms with van der Waals surface area (Å²) in [5.41, 5.74) is 0. The zero-order chi connectivity index (χ0) is 15.0. The topological polar surface area (TPSA) is 91.3 Å². The largest absolute Gasteiger partial charge is 0.480 e. The van der Waals surface area contributed by atoms with E-state index in [1.165, 1.54) is 11.3 Å². The van der Waals surface area contributed by atoms with Crippen LogP contribution in [0.2, 0.25) is 0 Å². The first-order chi connectivity index (χ1) is 9.54. The van der Waals surface area contributed by atoms with Crippen LogP contribution < -0.4 is 10.6 Å². The van der Waals surface area contributed by atoms with Gasteiger partial charge in [-0.1, -0.05) is 6.92 Å². The van der Waals surface area contributed by atoms with Crippen molar-refractivity contribution in [3.63, 3.8) is 0 Å². The molecule has 1 aromatic heterocycles. The van der Waals surface area contributed by atoms with Gasteiger partial charge in [0.2, 0.25) is 0 Å². The van der Waals surface area contributed by atoms with Crippen LogP contribution in [-0.4, -0.2) is 46.7 Å². The Hall–Kier alpha value is -1.28. The predicted octanol–water partition coefficient (Wildman–Crippen LogP) is 1.75. The molecule has 6 nitrogen and oxygen atoms in total. The Kier molecular flexibility index (Phi) is 7.38.